The fourth-order valence-corrected chi connectivity index (χ4v) is 4.35. The lowest BCUT2D eigenvalue weighted by Gasteiger charge is -2.24. The molecule has 31 heavy (non-hydrogen) atoms. The highest BCUT2D eigenvalue weighted by molar-refractivity contribution is 7.14. The van der Waals surface area contributed by atoms with E-state index < -0.39 is 23.4 Å². The van der Waals surface area contributed by atoms with Crippen molar-refractivity contribution in [3.8, 4) is 0 Å². The number of carbonyl (C=O) groups is 3. The van der Waals surface area contributed by atoms with Crippen LogP contribution in [0, 0.1) is 13.8 Å². The third-order valence-electron chi connectivity index (χ3n) is 5.26. The van der Waals surface area contributed by atoms with Gasteiger partial charge in [0.25, 0.3) is 11.8 Å². The zero-order valence-electron chi connectivity index (χ0n) is 17.5. The maximum Gasteiger partial charge on any atom is 0.325 e. The van der Waals surface area contributed by atoms with Gasteiger partial charge in [-0.25, -0.2) is 9.78 Å². The highest BCUT2D eigenvalue weighted by Gasteiger charge is 2.49. The van der Waals surface area contributed by atoms with Crippen molar-refractivity contribution in [2.45, 2.75) is 26.3 Å². The predicted octanol–water partition coefficient (Wildman–Crippen LogP) is 3.89. The highest BCUT2D eigenvalue weighted by atomic mass is 32.1. The minimum Gasteiger partial charge on any atom is -0.319 e. The molecule has 1 fully saturated rings. The normalized spacial score (nSPS) is 18.2. The Bertz CT molecular complexity index is 1140. The van der Waals surface area contributed by atoms with Crippen molar-refractivity contribution in [2.24, 2.45) is 0 Å². The Labute approximate surface area is 184 Å². The van der Waals surface area contributed by atoms with Crippen molar-refractivity contribution in [1.29, 1.82) is 0 Å². The quantitative estimate of drug-likeness (QED) is 0.618. The van der Waals surface area contributed by atoms with Crippen LogP contribution >= 0.6 is 11.3 Å². The Hall–Kier alpha value is -3.52. The van der Waals surface area contributed by atoms with Crippen LogP contribution < -0.4 is 10.2 Å². The zero-order valence-corrected chi connectivity index (χ0v) is 18.3. The van der Waals surface area contributed by atoms with Gasteiger partial charge in [-0.2, -0.15) is 0 Å². The second-order valence-electron chi connectivity index (χ2n) is 7.65. The molecule has 3 aromatic rings. The van der Waals surface area contributed by atoms with E-state index in [0.717, 1.165) is 16.2 Å². The van der Waals surface area contributed by atoms with Crippen molar-refractivity contribution in [3.05, 3.63) is 76.8 Å². The average Bonchev–Trinajstić information content (AvgIpc) is 3.26. The van der Waals surface area contributed by atoms with Crippen molar-refractivity contribution in [1.82, 2.24) is 15.2 Å². The van der Waals surface area contributed by atoms with E-state index in [2.05, 4.69) is 10.3 Å². The molecule has 0 saturated carbocycles. The molecule has 4 amide bonds. The number of benzene rings is 2. The summed E-state index contributed by atoms with van der Waals surface area (Å²) in [6.45, 7) is 5.06. The number of aromatic nitrogens is 1. The number of hydrogen-bond acceptors (Lipinski definition) is 5. The van der Waals surface area contributed by atoms with Gasteiger partial charge in [0.2, 0.25) is 0 Å². The molecule has 1 aliphatic rings. The summed E-state index contributed by atoms with van der Waals surface area (Å²) in [5, 5.41) is 5.08. The van der Waals surface area contributed by atoms with E-state index in [1.807, 2.05) is 61.7 Å². The molecule has 4 rings (SSSR count). The number of nitrogens with one attached hydrogen (secondary N) is 1. The lowest BCUT2D eigenvalue weighted by Crippen LogP contribution is -2.43. The topological polar surface area (TPSA) is 82.6 Å². The van der Waals surface area contributed by atoms with E-state index >= 15 is 0 Å². The second-order valence-corrected chi connectivity index (χ2v) is 8.49. The Morgan fingerprint density at radius 2 is 1.77 bits per heavy atom. The SMILES string of the molecule is Cc1ccc(C2(C)NC(=O)N(CC(=O)N(c3ccccc3)c3nc(C)cs3)C2=O)cc1. The molecule has 0 spiro atoms. The minimum atomic E-state index is -1.22. The molecule has 158 valence electrons. The Kier molecular flexibility index (Phi) is 5.32. The first-order chi connectivity index (χ1) is 14.8. The van der Waals surface area contributed by atoms with Gasteiger partial charge in [0.1, 0.15) is 12.1 Å². The summed E-state index contributed by atoms with van der Waals surface area (Å²) in [7, 11) is 0. The number of aryl methyl sites for hydroxylation is 2. The van der Waals surface area contributed by atoms with Crippen LogP contribution in [-0.2, 0) is 15.1 Å². The number of imide groups is 1. The summed E-state index contributed by atoms with van der Waals surface area (Å²) in [4.78, 5) is 46.1. The van der Waals surface area contributed by atoms with Gasteiger partial charge >= 0.3 is 6.03 Å². The molecule has 7 nitrogen and oxygen atoms in total. The lowest BCUT2D eigenvalue weighted by molar-refractivity contribution is -0.134. The third kappa shape index (κ3) is 3.82. The molecule has 1 saturated heterocycles. The molecule has 8 heteroatoms. The van der Waals surface area contributed by atoms with Gasteiger partial charge < -0.3 is 5.32 Å². The van der Waals surface area contributed by atoms with E-state index in [1.165, 1.54) is 16.2 Å². The maximum atomic E-state index is 13.3. The number of hydrogen-bond donors (Lipinski definition) is 1. The average molecular weight is 435 g/mol. The molecule has 0 radical (unpaired) electrons. The van der Waals surface area contributed by atoms with Gasteiger partial charge in [-0.15, -0.1) is 11.3 Å². The first-order valence-corrected chi connectivity index (χ1v) is 10.7. The van der Waals surface area contributed by atoms with E-state index in [4.69, 9.17) is 0 Å². The highest BCUT2D eigenvalue weighted by Crippen LogP contribution is 2.31. The number of amides is 4. The van der Waals surface area contributed by atoms with Crippen LogP contribution in [0.2, 0.25) is 0 Å². The summed E-state index contributed by atoms with van der Waals surface area (Å²) in [5.41, 5.74) is 1.90. The Morgan fingerprint density at radius 1 is 1.10 bits per heavy atom. The monoisotopic (exact) mass is 434 g/mol. The first kappa shape index (κ1) is 20.7. The van der Waals surface area contributed by atoms with E-state index in [9.17, 15) is 14.4 Å². The van der Waals surface area contributed by atoms with Crippen LogP contribution in [0.5, 0.6) is 0 Å². The molecule has 1 unspecified atom stereocenters. The molecule has 1 aromatic heterocycles. The molecule has 0 bridgehead atoms. The third-order valence-corrected chi connectivity index (χ3v) is 6.20. The first-order valence-electron chi connectivity index (χ1n) is 9.81. The van der Waals surface area contributed by atoms with E-state index in [-0.39, 0.29) is 6.54 Å². The molecular formula is C23H22N4O3S. The second kappa shape index (κ2) is 7.96. The number of urea groups is 1. The molecule has 0 aliphatic carbocycles. The molecule has 1 aliphatic heterocycles. The van der Waals surface area contributed by atoms with Crippen molar-refractivity contribution in [2.75, 3.05) is 11.4 Å². The molecular weight excluding hydrogens is 412 g/mol. The van der Waals surface area contributed by atoms with E-state index in [0.29, 0.717) is 16.4 Å². The van der Waals surface area contributed by atoms with Gasteiger partial charge in [0, 0.05) is 5.38 Å². The number of nitrogens with zero attached hydrogens (tertiary/aromatic N) is 3. The zero-order chi connectivity index (χ0) is 22.2. The molecule has 2 aromatic carbocycles. The number of para-hydroxylation sites is 1. The summed E-state index contributed by atoms with van der Waals surface area (Å²) >= 11 is 1.33. The van der Waals surface area contributed by atoms with Crippen LogP contribution in [0.4, 0.5) is 15.6 Å². The van der Waals surface area contributed by atoms with Gasteiger partial charge in [-0.3, -0.25) is 19.4 Å². The molecule has 1 atom stereocenters. The van der Waals surface area contributed by atoms with Gasteiger partial charge in [-0.05, 0) is 38.5 Å². The van der Waals surface area contributed by atoms with Crippen molar-refractivity contribution < 1.29 is 14.4 Å². The van der Waals surface area contributed by atoms with E-state index in [1.54, 1.807) is 19.1 Å². The van der Waals surface area contributed by atoms with Crippen molar-refractivity contribution >= 4 is 40.0 Å². The summed E-state index contributed by atoms with van der Waals surface area (Å²) in [5.74, 6) is -0.879. The number of rotatable bonds is 5. The van der Waals surface area contributed by atoms with Crippen LogP contribution in [-0.4, -0.2) is 34.3 Å². The number of carbonyl (C=O) groups excluding carboxylic acids is 3. The predicted molar refractivity (Wildman–Crippen MR) is 119 cm³/mol. The number of thiazole rings is 1. The lowest BCUT2D eigenvalue weighted by atomic mass is 9.91. The summed E-state index contributed by atoms with van der Waals surface area (Å²) < 4.78 is 0. The Balaban J connectivity index is 1.62. The summed E-state index contributed by atoms with van der Waals surface area (Å²) in [6.07, 6.45) is 0. The van der Waals surface area contributed by atoms with Crippen LogP contribution in [0.15, 0.2) is 60.0 Å². The minimum absolute atomic E-state index is 0.389. The smallest absolute Gasteiger partial charge is 0.319 e. The largest absolute Gasteiger partial charge is 0.325 e. The molecule has 2 heterocycles. The fraction of sp³-hybridized carbons (Fsp3) is 0.217. The standard InChI is InChI=1S/C23H22N4O3S/c1-15-9-11-17(12-10-15)23(3)20(29)26(21(30)25-23)13-19(28)27(18-7-5-4-6-8-18)22-24-16(2)14-31-22/h4-12,14H,13H2,1-3H3,(H,25,30). The Morgan fingerprint density at radius 3 is 2.39 bits per heavy atom. The van der Waals surface area contributed by atoms with Gasteiger partial charge in [0.15, 0.2) is 5.13 Å². The van der Waals surface area contributed by atoms with Crippen molar-refractivity contribution in [3.63, 3.8) is 0 Å². The van der Waals surface area contributed by atoms with Gasteiger partial charge in [0.05, 0.1) is 11.4 Å². The number of anilines is 2. The summed E-state index contributed by atoms with van der Waals surface area (Å²) in [6, 6.07) is 15.9. The fourth-order valence-electron chi connectivity index (χ4n) is 3.51. The molecule has 1 N–H and O–H groups in total. The maximum absolute atomic E-state index is 13.3. The van der Waals surface area contributed by atoms with Crippen LogP contribution in [0.25, 0.3) is 0 Å². The van der Waals surface area contributed by atoms with Crippen LogP contribution in [0.3, 0.4) is 0 Å². The van der Waals surface area contributed by atoms with Crippen LogP contribution in [0.1, 0.15) is 23.7 Å². The van der Waals surface area contributed by atoms with Gasteiger partial charge in [-0.1, -0.05) is 48.0 Å².